The number of amides is 1. The molecule has 3 N–H and O–H groups in total. The first-order valence-corrected chi connectivity index (χ1v) is 13.3. The van der Waals surface area contributed by atoms with Crippen molar-refractivity contribution in [3.05, 3.63) is 70.6 Å². The minimum Gasteiger partial charge on any atom is -0.486 e. The summed E-state index contributed by atoms with van der Waals surface area (Å²) in [7, 11) is 0. The summed E-state index contributed by atoms with van der Waals surface area (Å²) in [5.74, 6) is 7.73. The van der Waals surface area contributed by atoms with E-state index < -0.39 is 6.09 Å². The van der Waals surface area contributed by atoms with Crippen molar-refractivity contribution in [3.8, 4) is 17.6 Å². The second kappa shape index (κ2) is 12.1. The Morgan fingerprint density at radius 2 is 2.16 bits per heavy atom. The van der Waals surface area contributed by atoms with E-state index in [1.54, 1.807) is 19.2 Å². The predicted molar refractivity (Wildman–Crippen MR) is 148 cm³/mol. The van der Waals surface area contributed by atoms with E-state index in [2.05, 4.69) is 42.7 Å². The maximum atomic E-state index is 11.6. The Balaban J connectivity index is 1.24. The largest absolute Gasteiger partial charge is 0.486 e. The number of rotatable bonds is 7. The number of alkyl carbamates (subject to hydrolysis) is 1. The number of anilines is 2. The van der Waals surface area contributed by atoms with Gasteiger partial charge in [-0.05, 0) is 49.7 Å². The highest BCUT2D eigenvalue weighted by molar-refractivity contribution is 7.20. The molecule has 0 bridgehead atoms. The third-order valence-electron chi connectivity index (χ3n) is 5.71. The van der Waals surface area contributed by atoms with Gasteiger partial charge in [0.15, 0.2) is 5.82 Å². The smallest absolute Gasteiger partial charge is 0.407 e. The number of hydrogen-bond acceptors (Lipinski definition) is 9. The average molecular weight is 549 g/mol. The van der Waals surface area contributed by atoms with Crippen molar-refractivity contribution in [2.45, 2.75) is 32.0 Å². The van der Waals surface area contributed by atoms with Gasteiger partial charge in [-0.1, -0.05) is 29.5 Å². The second-order valence-corrected chi connectivity index (χ2v) is 9.91. The second-order valence-electron chi connectivity index (χ2n) is 8.45. The molecule has 0 radical (unpaired) electrons. The molecule has 2 atom stereocenters. The number of fused-ring (bicyclic) bond motifs is 1. The Bertz CT molecular complexity index is 1490. The third-order valence-corrected chi connectivity index (χ3v) is 7.05. The maximum Gasteiger partial charge on any atom is 0.407 e. The molecule has 4 aromatic rings. The molecule has 1 aromatic carbocycles. The number of carbonyl (C=O) groups excluding carboxylic acids is 1. The fraction of sp³-hybridized carbons (Fsp3) is 0.259. The van der Waals surface area contributed by atoms with Crippen LogP contribution in [-0.4, -0.2) is 46.3 Å². The monoisotopic (exact) mass is 548 g/mol. The van der Waals surface area contributed by atoms with Crippen molar-refractivity contribution in [1.82, 2.24) is 25.6 Å². The molecule has 1 aliphatic rings. The zero-order valence-corrected chi connectivity index (χ0v) is 22.1. The Morgan fingerprint density at radius 3 is 2.97 bits per heavy atom. The highest BCUT2D eigenvalue weighted by Gasteiger charge is 2.24. The number of halogens is 1. The summed E-state index contributed by atoms with van der Waals surface area (Å²) in [5.41, 5.74) is 2.40. The summed E-state index contributed by atoms with van der Waals surface area (Å²) < 4.78 is 11.7. The lowest BCUT2D eigenvalue weighted by Gasteiger charge is -2.11. The summed E-state index contributed by atoms with van der Waals surface area (Å²) in [6.07, 6.45) is 3.56. The number of hydrogen-bond donors (Lipinski definition) is 3. The first-order chi connectivity index (χ1) is 18.6. The van der Waals surface area contributed by atoms with E-state index in [0.717, 1.165) is 26.5 Å². The first kappa shape index (κ1) is 25.7. The average Bonchev–Trinajstić information content (AvgIpc) is 3.55. The van der Waals surface area contributed by atoms with Crippen LogP contribution in [0, 0.1) is 11.8 Å². The molecular weight excluding hydrogens is 524 g/mol. The van der Waals surface area contributed by atoms with E-state index in [9.17, 15) is 4.79 Å². The number of aromatic nitrogens is 3. The van der Waals surface area contributed by atoms with Crippen LogP contribution in [0.1, 0.15) is 23.9 Å². The number of benzene rings is 1. The summed E-state index contributed by atoms with van der Waals surface area (Å²) in [4.78, 5) is 25.6. The molecule has 11 heteroatoms. The molecule has 5 rings (SSSR count). The van der Waals surface area contributed by atoms with Gasteiger partial charge >= 0.3 is 6.09 Å². The van der Waals surface area contributed by atoms with Crippen LogP contribution in [0.5, 0.6) is 5.75 Å². The Morgan fingerprint density at radius 1 is 1.24 bits per heavy atom. The minimum atomic E-state index is -0.399. The molecule has 1 fully saturated rings. The van der Waals surface area contributed by atoms with Crippen molar-refractivity contribution >= 4 is 50.8 Å². The van der Waals surface area contributed by atoms with E-state index in [4.69, 9.17) is 21.1 Å². The Hall–Kier alpha value is -3.91. The van der Waals surface area contributed by atoms with Gasteiger partial charge in [-0.25, -0.2) is 14.8 Å². The lowest BCUT2D eigenvalue weighted by Crippen LogP contribution is -2.36. The molecule has 38 heavy (non-hydrogen) atoms. The van der Waals surface area contributed by atoms with Gasteiger partial charge in [-0.15, -0.1) is 11.3 Å². The van der Waals surface area contributed by atoms with E-state index in [-0.39, 0.29) is 12.1 Å². The zero-order valence-electron chi connectivity index (χ0n) is 20.5. The fourth-order valence-electron chi connectivity index (χ4n) is 3.93. The maximum absolute atomic E-state index is 11.6. The molecule has 0 unspecified atom stereocenters. The van der Waals surface area contributed by atoms with Crippen LogP contribution in [0.4, 0.5) is 16.3 Å². The van der Waals surface area contributed by atoms with Crippen LogP contribution < -0.4 is 20.7 Å². The molecular formula is C27H25ClN6O3S. The van der Waals surface area contributed by atoms with Gasteiger partial charge in [0.1, 0.15) is 18.7 Å². The van der Waals surface area contributed by atoms with Crippen LogP contribution >= 0.6 is 22.9 Å². The van der Waals surface area contributed by atoms with Crippen LogP contribution in [0.15, 0.2) is 55.0 Å². The lowest BCUT2D eigenvalue weighted by atomic mass is 10.2. The standard InChI is InChI=1S/C27H25ClN6O3S/c1-2-36-27(35)34-20-11-17(30-14-20)6-8-21-13-23-25(38-21)26(32-16-31-23)33-18-7-9-24(22(28)12-18)37-15-19-5-3-4-10-29-19/h3-5,7,9-10,12-13,16-17,20,30H,2,11,14-15H2,1H3,(H,34,35)(H,31,32,33)/t17-,20-/m1/s1. The molecule has 1 amide bonds. The van der Waals surface area contributed by atoms with Crippen LogP contribution in [0.25, 0.3) is 10.2 Å². The van der Waals surface area contributed by atoms with E-state index >= 15 is 0 Å². The summed E-state index contributed by atoms with van der Waals surface area (Å²) in [5, 5.41) is 9.98. The van der Waals surface area contributed by atoms with Gasteiger partial charge in [0.05, 0.1) is 38.5 Å². The van der Waals surface area contributed by atoms with Crippen molar-refractivity contribution in [3.63, 3.8) is 0 Å². The fourth-order valence-corrected chi connectivity index (χ4v) is 5.08. The van der Waals surface area contributed by atoms with Gasteiger partial charge in [-0.3, -0.25) is 4.98 Å². The quantitative estimate of drug-likeness (QED) is 0.280. The highest BCUT2D eigenvalue weighted by atomic mass is 35.5. The summed E-state index contributed by atoms with van der Waals surface area (Å²) >= 11 is 7.99. The van der Waals surface area contributed by atoms with Crippen LogP contribution in [-0.2, 0) is 11.3 Å². The normalized spacial score (nSPS) is 16.5. The number of carbonyl (C=O) groups is 1. The molecule has 1 aliphatic heterocycles. The zero-order chi connectivity index (χ0) is 26.3. The van der Waals surface area contributed by atoms with Crippen LogP contribution in [0.2, 0.25) is 5.02 Å². The number of thiophene rings is 1. The van der Waals surface area contributed by atoms with Crippen molar-refractivity contribution in [1.29, 1.82) is 0 Å². The van der Waals surface area contributed by atoms with Gasteiger partial charge in [0.2, 0.25) is 0 Å². The summed E-state index contributed by atoms with van der Waals surface area (Å²) in [6, 6.07) is 13.1. The third kappa shape index (κ3) is 6.50. The highest BCUT2D eigenvalue weighted by Crippen LogP contribution is 2.33. The molecule has 9 nitrogen and oxygen atoms in total. The SMILES string of the molecule is CCOC(=O)N[C@H]1CN[C@H](C#Cc2cc3ncnc(Nc4ccc(OCc5ccccn5)c(Cl)c4)c3s2)C1. The molecule has 194 valence electrons. The van der Waals surface area contributed by atoms with E-state index in [1.165, 1.54) is 17.7 Å². The Labute approximate surface area is 229 Å². The molecule has 0 aliphatic carbocycles. The van der Waals surface area contributed by atoms with Crippen molar-refractivity contribution < 1.29 is 14.3 Å². The molecule has 3 aromatic heterocycles. The van der Waals surface area contributed by atoms with E-state index in [1.807, 2.05) is 36.4 Å². The lowest BCUT2D eigenvalue weighted by molar-refractivity contribution is 0.148. The van der Waals surface area contributed by atoms with Gasteiger partial charge in [0, 0.05) is 24.5 Å². The molecule has 0 spiro atoms. The molecule has 1 saturated heterocycles. The van der Waals surface area contributed by atoms with Crippen LogP contribution in [0.3, 0.4) is 0 Å². The topological polar surface area (TPSA) is 110 Å². The minimum absolute atomic E-state index is 0.00366. The van der Waals surface area contributed by atoms with E-state index in [0.29, 0.717) is 42.8 Å². The number of nitrogens with one attached hydrogen (secondary N) is 3. The Kier molecular flexibility index (Phi) is 8.19. The van der Waals surface area contributed by atoms with Crippen molar-refractivity contribution in [2.24, 2.45) is 0 Å². The molecule has 0 saturated carbocycles. The first-order valence-electron chi connectivity index (χ1n) is 12.1. The van der Waals surface area contributed by atoms with Gasteiger partial charge in [-0.2, -0.15) is 0 Å². The summed E-state index contributed by atoms with van der Waals surface area (Å²) in [6.45, 7) is 3.11. The molecule has 4 heterocycles. The number of ether oxygens (including phenoxy) is 2. The van der Waals surface area contributed by atoms with Crippen molar-refractivity contribution in [2.75, 3.05) is 18.5 Å². The number of nitrogens with zero attached hydrogens (tertiary/aromatic N) is 3. The van der Waals surface area contributed by atoms with Gasteiger partial charge < -0.3 is 25.4 Å². The number of pyridine rings is 1. The predicted octanol–water partition coefficient (Wildman–Crippen LogP) is 4.89. The van der Waals surface area contributed by atoms with Gasteiger partial charge in [0.25, 0.3) is 0 Å².